The van der Waals surface area contributed by atoms with E-state index in [9.17, 15) is 21.6 Å². The second kappa shape index (κ2) is 10.6. The van der Waals surface area contributed by atoms with Crippen LogP contribution in [0.15, 0.2) is 4.99 Å². The summed E-state index contributed by atoms with van der Waals surface area (Å²) in [5.74, 6) is 0.786. The summed E-state index contributed by atoms with van der Waals surface area (Å²) in [5, 5.41) is 6.47. The van der Waals surface area contributed by atoms with Gasteiger partial charge in [0, 0.05) is 32.7 Å². The Labute approximate surface area is 165 Å². The molecule has 2 N–H and O–H groups in total. The minimum atomic E-state index is -5.23. The number of likely N-dealkylation sites (tertiary alicyclic amines) is 1. The van der Waals surface area contributed by atoms with Crippen LogP contribution >= 0.6 is 0 Å². The van der Waals surface area contributed by atoms with E-state index in [1.807, 2.05) is 6.92 Å². The molecule has 0 aliphatic carbocycles. The first-order valence-corrected chi connectivity index (χ1v) is 11.5. The Kier molecular flexibility index (Phi) is 8.81. The van der Waals surface area contributed by atoms with Crippen molar-refractivity contribution in [2.24, 2.45) is 10.9 Å². The van der Waals surface area contributed by atoms with E-state index in [1.165, 1.54) is 25.9 Å². The van der Waals surface area contributed by atoms with Gasteiger partial charge in [0.2, 0.25) is 0 Å². The molecule has 2 fully saturated rings. The molecule has 2 aliphatic rings. The van der Waals surface area contributed by atoms with Crippen LogP contribution in [0, 0.1) is 5.92 Å². The standard InChI is InChI=1S/C17H32F3N5O2S/c1-2-21-16(22-8-5-11-24-9-3-4-10-24)23-14-15-6-12-25(13-7-15)28(26,27)17(18,19)20/h15H,2-14H2,1H3,(H2,21,22,23). The first-order chi connectivity index (χ1) is 13.2. The molecule has 164 valence electrons. The van der Waals surface area contributed by atoms with E-state index in [4.69, 9.17) is 0 Å². The zero-order chi connectivity index (χ0) is 20.6. The van der Waals surface area contributed by atoms with Crippen LogP contribution in [0.3, 0.4) is 0 Å². The number of hydrogen-bond acceptors (Lipinski definition) is 4. The molecular formula is C17H32F3N5O2S. The normalized spacial score (nSPS) is 21.2. The first kappa shape index (κ1) is 23.2. The number of nitrogens with one attached hydrogen (secondary N) is 2. The van der Waals surface area contributed by atoms with Gasteiger partial charge in [-0.1, -0.05) is 0 Å². The van der Waals surface area contributed by atoms with E-state index in [0.717, 1.165) is 26.1 Å². The van der Waals surface area contributed by atoms with Crippen molar-refractivity contribution in [3.05, 3.63) is 0 Å². The van der Waals surface area contributed by atoms with Crippen LogP contribution in [-0.4, -0.2) is 81.4 Å². The fourth-order valence-electron chi connectivity index (χ4n) is 3.56. The lowest BCUT2D eigenvalue weighted by molar-refractivity contribution is -0.0496. The van der Waals surface area contributed by atoms with Gasteiger partial charge in [-0.2, -0.15) is 17.5 Å². The number of hydrogen-bond donors (Lipinski definition) is 2. The van der Waals surface area contributed by atoms with E-state index in [0.29, 0.717) is 29.7 Å². The number of guanidine groups is 1. The van der Waals surface area contributed by atoms with Crippen molar-refractivity contribution in [2.45, 2.75) is 44.5 Å². The second-order valence-corrected chi connectivity index (χ2v) is 9.27. The van der Waals surface area contributed by atoms with Gasteiger partial charge < -0.3 is 15.5 Å². The van der Waals surface area contributed by atoms with Crippen molar-refractivity contribution >= 4 is 16.0 Å². The Bertz CT molecular complexity index is 598. The summed E-state index contributed by atoms with van der Waals surface area (Å²) in [6.07, 6.45) is 4.35. The lowest BCUT2D eigenvalue weighted by Crippen LogP contribution is -2.45. The van der Waals surface area contributed by atoms with Gasteiger partial charge in [0.05, 0.1) is 0 Å². The smallest absolute Gasteiger partial charge is 0.357 e. The van der Waals surface area contributed by atoms with Gasteiger partial charge in [-0.3, -0.25) is 4.99 Å². The Hall–Kier alpha value is -1.07. The number of halogens is 3. The lowest BCUT2D eigenvalue weighted by atomic mass is 9.98. The van der Waals surface area contributed by atoms with Crippen molar-refractivity contribution < 1.29 is 21.6 Å². The van der Waals surface area contributed by atoms with Gasteiger partial charge in [0.1, 0.15) is 0 Å². The van der Waals surface area contributed by atoms with Gasteiger partial charge in [0.15, 0.2) is 5.96 Å². The topological polar surface area (TPSA) is 77.0 Å². The number of nitrogens with zero attached hydrogens (tertiary/aromatic N) is 3. The number of alkyl halides is 3. The molecule has 0 aromatic carbocycles. The molecule has 0 bridgehead atoms. The molecule has 0 amide bonds. The minimum absolute atomic E-state index is 0.0831. The van der Waals surface area contributed by atoms with Crippen LogP contribution in [0.4, 0.5) is 13.2 Å². The average molecular weight is 428 g/mol. The summed E-state index contributed by atoms with van der Waals surface area (Å²) < 4.78 is 61.3. The average Bonchev–Trinajstić information content (AvgIpc) is 3.16. The van der Waals surface area contributed by atoms with Crippen LogP contribution < -0.4 is 10.6 Å². The van der Waals surface area contributed by atoms with Crippen molar-refractivity contribution in [3.8, 4) is 0 Å². The fourth-order valence-corrected chi connectivity index (χ4v) is 4.54. The monoisotopic (exact) mass is 427 g/mol. The molecule has 2 aliphatic heterocycles. The first-order valence-electron chi connectivity index (χ1n) is 10.0. The molecule has 0 spiro atoms. The second-order valence-electron chi connectivity index (χ2n) is 7.34. The van der Waals surface area contributed by atoms with E-state index < -0.39 is 15.5 Å². The van der Waals surface area contributed by atoms with E-state index in [1.54, 1.807) is 0 Å². The van der Waals surface area contributed by atoms with Crippen LogP contribution in [-0.2, 0) is 10.0 Å². The SMILES string of the molecule is CCNC(=NCC1CCN(S(=O)(=O)C(F)(F)F)CC1)NCCCN1CCCC1. The van der Waals surface area contributed by atoms with Crippen LogP contribution in [0.5, 0.6) is 0 Å². The molecule has 7 nitrogen and oxygen atoms in total. The van der Waals surface area contributed by atoms with Gasteiger partial charge in [-0.05, 0) is 64.6 Å². The van der Waals surface area contributed by atoms with Gasteiger partial charge in [-0.25, -0.2) is 8.42 Å². The number of piperidine rings is 1. The van der Waals surface area contributed by atoms with E-state index in [-0.39, 0.29) is 19.0 Å². The predicted molar refractivity (Wildman–Crippen MR) is 104 cm³/mol. The summed E-state index contributed by atoms with van der Waals surface area (Å²) >= 11 is 0. The number of aliphatic imine (C=N–C) groups is 1. The molecule has 0 saturated carbocycles. The van der Waals surface area contributed by atoms with Crippen molar-refractivity contribution in [3.63, 3.8) is 0 Å². The molecule has 0 radical (unpaired) electrons. The van der Waals surface area contributed by atoms with Crippen LogP contribution in [0.25, 0.3) is 0 Å². The van der Waals surface area contributed by atoms with Gasteiger partial charge in [-0.15, -0.1) is 0 Å². The quantitative estimate of drug-likeness (QED) is 0.350. The molecule has 2 rings (SSSR count). The zero-order valence-electron chi connectivity index (χ0n) is 16.5. The highest BCUT2D eigenvalue weighted by Gasteiger charge is 2.50. The maximum absolute atomic E-state index is 12.6. The molecule has 0 unspecified atom stereocenters. The Balaban J connectivity index is 1.73. The van der Waals surface area contributed by atoms with E-state index >= 15 is 0 Å². The zero-order valence-corrected chi connectivity index (χ0v) is 17.3. The molecule has 2 heterocycles. The molecule has 0 aromatic heterocycles. The molecule has 0 aromatic rings. The third kappa shape index (κ3) is 6.77. The van der Waals surface area contributed by atoms with Gasteiger partial charge in [0.25, 0.3) is 0 Å². The highest BCUT2D eigenvalue weighted by Crippen LogP contribution is 2.30. The van der Waals surface area contributed by atoms with Crippen molar-refractivity contribution in [2.75, 3.05) is 52.4 Å². The minimum Gasteiger partial charge on any atom is -0.357 e. The molecule has 28 heavy (non-hydrogen) atoms. The summed E-state index contributed by atoms with van der Waals surface area (Å²) in [6, 6.07) is 0. The Morgan fingerprint density at radius 1 is 1.11 bits per heavy atom. The molecular weight excluding hydrogens is 395 g/mol. The lowest BCUT2D eigenvalue weighted by Gasteiger charge is -2.30. The van der Waals surface area contributed by atoms with E-state index in [2.05, 4.69) is 20.5 Å². The molecule has 0 atom stereocenters. The maximum Gasteiger partial charge on any atom is 0.511 e. The third-order valence-electron chi connectivity index (χ3n) is 5.20. The van der Waals surface area contributed by atoms with Crippen molar-refractivity contribution in [1.82, 2.24) is 19.8 Å². The highest BCUT2D eigenvalue weighted by atomic mass is 32.2. The predicted octanol–water partition coefficient (Wildman–Crippen LogP) is 1.59. The molecule has 2 saturated heterocycles. The summed E-state index contributed by atoms with van der Waals surface area (Å²) in [6.45, 7) is 7.18. The maximum atomic E-state index is 12.6. The Morgan fingerprint density at radius 3 is 2.32 bits per heavy atom. The molecule has 11 heteroatoms. The highest BCUT2D eigenvalue weighted by molar-refractivity contribution is 7.90. The summed E-state index contributed by atoms with van der Waals surface area (Å²) in [4.78, 5) is 6.99. The Morgan fingerprint density at radius 2 is 1.75 bits per heavy atom. The van der Waals surface area contributed by atoms with Crippen molar-refractivity contribution in [1.29, 1.82) is 0 Å². The third-order valence-corrected chi connectivity index (χ3v) is 6.83. The van der Waals surface area contributed by atoms with Crippen LogP contribution in [0.2, 0.25) is 0 Å². The largest absolute Gasteiger partial charge is 0.511 e. The number of rotatable bonds is 8. The summed E-state index contributed by atoms with van der Waals surface area (Å²) in [7, 11) is -5.22. The van der Waals surface area contributed by atoms with Gasteiger partial charge >= 0.3 is 15.5 Å². The number of sulfonamides is 1. The van der Waals surface area contributed by atoms with Crippen LogP contribution in [0.1, 0.15) is 39.0 Å². The fraction of sp³-hybridized carbons (Fsp3) is 0.941. The summed E-state index contributed by atoms with van der Waals surface area (Å²) in [5.41, 5.74) is -5.23.